The molecule has 2 rings (SSSR count). The van der Waals surface area contributed by atoms with Gasteiger partial charge < -0.3 is 10.2 Å². The van der Waals surface area contributed by atoms with Gasteiger partial charge in [0, 0.05) is 0 Å². The second kappa shape index (κ2) is 3.70. The molecule has 0 aliphatic rings. The molecule has 0 unspecified atom stereocenters. The predicted molar refractivity (Wildman–Crippen MR) is 55.7 cm³/mol. The van der Waals surface area contributed by atoms with Crippen molar-refractivity contribution < 1.29 is 9.21 Å². The van der Waals surface area contributed by atoms with E-state index < -0.39 is 0 Å². The summed E-state index contributed by atoms with van der Waals surface area (Å²) < 4.78 is 5.01. The number of nitrogen functional groups attached to an aromatic ring is 1. The molecular formula is C8H8N4O2S. The van der Waals surface area contributed by atoms with Crippen LogP contribution in [0.4, 0.5) is 10.3 Å². The molecule has 1 amide bonds. The number of hydrogen-bond donors (Lipinski definition) is 2. The highest BCUT2D eigenvalue weighted by Gasteiger charge is 2.13. The number of rotatable bonds is 2. The van der Waals surface area contributed by atoms with Crippen LogP contribution in [0.3, 0.4) is 0 Å². The van der Waals surface area contributed by atoms with Gasteiger partial charge in [0.15, 0.2) is 0 Å². The van der Waals surface area contributed by atoms with Crippen LogP contribution in [0, 0.1) is 6.92 Å². The van der Waals surface area contributed by atoms with E-state index in [-0.39, 0.29) is 5.91 Å². The number of nitrogens with two attached hydrogens (primary N) is 1. The highest BCUT2D eigenvalue weighted by Crippen LogP contribution is 2.18. The van der Waals surface area contributed by atoms with Crippen molar-refractivity contribution >= 4 is 27.5 Å². The smallest absolute Gasteiger partial charge is 0.261 e. The van der Waals surface area contributed by atoms with E-state index in [0.29, 0.717) is 21.6 Å². The van der Waals surface area contributed by atoms with Crippen molar-refractivity contribution in [1.29, 1.82) is 0 Å². The SMILES string of the molecule is Cc1occc1C(=O)Nc1nnc(N)s1. The van der Waals surface area contributed by atoms with Gasteiger partial charge in [0.2, 0.25) is 10.3 Å². The first-order chi connectivity index (χ1) is 7.16. The summed E-state index contributed by atoms with van der Waals surface area (Å²) in [5.41, 5.74) is 5.85. The Morgan fingerprint density at radius 2 is 2.40 bits per heavy atom. The molecule has 78 valence electrons. The lowest BCUT2D eigenvalue weighted by Gasteiger charge is -1.97. The van der Waals surface area contributed by atoms with Crippen molar-refractivity contribution in [2.75, 3.05) is 11.1 Å². The summed E-state index contributed by atoms with van der Waals surface area (Å²) >= 11 is 1.11. The molecule has 0 radical (unpaired) electrons. The Morgan fingerprint density at radius 1 is 1.60 bits per heavy atom. The Bertz CT molecular complexity index is 490. The molecule has 6 nitrogen and oxygen atoms in total. The number of aryl methyl sites for hydroxylation is 1. The normalized spacial score (nSPS) is 10.2. The number of nitrogens with zero attached hydrogens (tertiary/aromatic N) is 2. The summed E-state index contributed by atoms with van der Waals surface area (Å²) in [6.07, 6.45) is 1.46. The molecule has 0 fully saturated rings. The minimum atomic E-state index is -0.280. The third-order valence-electron chi connectivity index (χ3n) is 1.76. The number of nitrogens with one attached hydrogen (secondary N) is 1. The van der Waals surface area contributed by atoms with Gasteiger partial charge in [-0.25, -0.2) is 0 Å². The number of amides is 1. The summed E-state index contributed by atoms with van der Waals surface area (Å²) in [6.45, 7) is 1.71. The van der Waals surface area contributed by atoms with E-state index in [1.807, 2.05) is 0 Å². The molecule has 3 N–H and O–H groups in total. The number of furan rings is 1. The molecule has 2 aromatic rings. The molecular weight excluding hydrogens is 216 g/mol. The lowest BCUT2D eigenvalue weighted by atomic mass is 10.2. The maximum atomic E-state index is 11.6. The van der Waals surface area contributed by atoms with Gasteiger partial charge in [-0.3, -0.25) is 10.1 Å². The molecule has 0 aromatic carbocycles. The standard InChI is InChI=1S/C8H8N4O2S/c1-4-5(2-3-14-4)6(13)10-8-12-11-7(9)15-8/h2-3H,1H3,(H2,9,11)(H,10,12,13). The molecule has 0 saturated heterocycles. The molecule has 0 saturated carbocycles. The number of carbonyl (C=O) groups is 1. The number of aromatic nitrogens is 2. The van der Waals surface area contributed by atoms with Gasteiger partial charge in [0.25, 0.3) is 5.91 Å². The van der Waals surface area contributed by atoms with Crippen LogP contribution in [0.2, 0.25) is 0 Å². The number of anilines is 2. The van der Waals surface area contributed by atoms with Crippen LogP contribution >= 0.6 is 11.3 Å². The van der Waals surface area contributed by atoms with Crippen LogP contribution in [-0.2, 0) is 0 Å². The maximum Gasteiger partial charge on any atom is 0.261 e. The van der Waals surface area contributed by atoms with E-state index in [1.54, 1.807) is 13.0 Å². The Hall–Kier alpha value is -1.89. The number of carbonyl (C=O) groups excluding carboxylic acids is 1. The molecule has 15 heavy (non-hydrogen) atoms. The molecule has 2 aromatic heterocycles. The minimum Gasteiger partial charge on any atom is -0.469 e. The predicted octanol–water partition coefficient (Wildman–Crippen LogP) is 1.27. The van der Waals surface area contributed by atoms with Crippen molar-refractivity contribution in [2.24, 2.45) is 0 Å². The van der Waals surface area contributed by atoms with Crippen molar-refractivity contribution in [3.05, 3.63) is 23.7 Å². The largest absolute Gasteiger partial charge is 0.469 e. The van der Waals surface area contributed by atoms with E-state index in [0.717, 1.165) is 11.3 Å². The molecule has 0 atom stereocenters. The number of hydrogen-bond acceptors (Lipinski definition) is 6. The van der Waals surface area contributed by atoms with Crippen LogP contribution in [0.25, 0.3) is 0 Å². The highest BCUT2D eigenvalue weighted by atomic mass is 32.1. The summed E-state index contributed by atoms with van der Waals surface area (Å²) in [6, 6.07) is 1.59. The molecule has 0 bridgehead atoms. The fraction of sp³-hybridized carbons (Fsp3) is 0.125. The fourth-order valence-corrected chi connectivity index (χ4v) is 1.58. The van der Waals surface area contributed by atoms with E-state index in [4.69, 9.17) is 10.2 Å². The lowest BCUT2D eigenvalue weighted by Crippen LogP contribution is -2.11. The summed E-state index contributed by atoms with van der Waals surface area (Å²) in [5, 5.41) is 10.5. The Balaban J connectivity index is 2.14. The monoisotopic (exact) mass is 224 g/mol. The average Bonchev–Trinajstić information content (AvgIpc) is 2.75. The van der Waals surface area contributed by atoms with Gasteiger partial charge in [-0.2, -0.15) is 0 Å². The van der Waals surface area contributed by atoms with Gasteiger partial charge in [-0.15, -0.1) is 10.2 Å². The molecule has 0 spiro atoms. The van der Waals surface area contributed by atoms with Crippen LogP contribution in [-0.4, -0.2) is 16.1 Å². The third-order valence-corrected chi connectivity index (χ3v) is 2.43. The first-order valence-electron chi connectivity index (χ1n) is 4.11. The van der Waals surface area contributed by atoms with E-state index in [1.165, 1.54) is 6.26 Å². The minimum absolute atomic E-state index is 0.280. The fourth-order valence-electron chi connectivity index (χ4n) is 1.07. The van der Waals surface area contributed by atoms with Gasteiger partial charge in [-0.05, 0) is 13.0 Å². The third kappa shape index (κ3) is 1.96. The average molecular weight is 224 g/mol. The quantitative estimate of drug-likeness (QED) is 0.801. The van der Waals surface area contributed by atoms with E-state index in [2.05, 4.69) is 15.5 Å². The zero-order chi connectivity index (χ0) is 10.8. The first kappa shape index (κ1) is 9.66. The van der Waals surface area contributed by atoms with Gasteiger partial charge in [0.05, 0.1) is 11.8 Å². The second-order valence-electron chi connectivity index (χ2n) is 2.79. The van der Waals surface area contributed by atoms with Crippen LogP contribution in [0.5, 0.6) is 0 Å². The first-order valence-corrected chi connectivity index (χ1v) is 4.93. The van der Waals surface area contributed by atoms with Crippen LogP contribution < -0.4 is 11.1 Å². The van der Waals surface area contributed by atoms with Crippen molar-refractivity contribution in [3.63, 3.8) is 0 Å². The molecule has 7 heteroatoms. The van der Waals surface area contributed by atoms with E-state index >= 15 is 0 Å². The molecule has 0 aliphatic carbocycles. The van der Waals surface area contributed by atoms with Gasteiger partial charge >= 0.3 is 0 Å². The van der Waals surface area contributed by atoms with Crippen LogP contribution in [0.15, 0.2) is 16.7 Å². The molecule has 2 heterocycles. The zero-order valence-corrected chi connectivity index (χ0v) is 8.67. The summed E-state index contributed by atoms with van der Waals surface area (Å²) in [5.74, 6) is 0.280. The van der Waals surface area contributed by atoms with Crippen molar-refractivity contribution in [1.82, 2.24) is 10.2 Å². The van der Waals surface area contributed by atoms with Crippen molar-refractivity contribution in [3.8, 4) is 0 Å². The lowest BCUT2D eigenvalue weighted by molar-refractivity contribution is 0.102. The van der Waals surface area contributed by atoms with Crippen LogP contribution in [0.1, 0.15) is 16.1 Å². The second-order valence-corrected chi connectivity index (χ2v) is 3.80. The van der Waals surface area contributed by atoms with E-state index in [9.17, 15) is 4.79 Å². The Morgan fingerprint density at radius 3 is 2.93 bits per heavy atom. The summed E-state index contributed by atoms with van der Waals surface area (Å²) in [7, 11) is 0. The van der Waals surface area contributed by atoms with Gasteiger partial charge in [0.1, 0.15) is 5.76 Å². The van der Waals surface area contributed by atoms with Gasteiger partial charge in [-0.1, -0.05) is 11.3 Å². The zero-order valence-electron chi connectivity index (χ0n) is 7.85. The highest BCUT2D eigenvalue weighted by molar-refractivity contribution is 7.19. The Labute approximate surface area is 89.1 Å². The topological polar surface area (TPSA) is 94.0 Å². The van der Waals surface area contributed by atoms with Crippen molar-refractivity contribution in [2.45, 2.75) is 6.92 Å². The molecule has 0 aliphatic heterocycles. The summed E-state index contributed by atoms with van der Waals surface area (Å²) in [4.78, 5) is 11.6. The maximum absolute atomic E-state index is 11.6. The Kier molecular flexibility index (Phi) is 2.38.